The number of thiophene rings is 1. The van der Waals surface area contributed by atoms with Gasteiger partial charge >= 0.3 is 6.09 Å². The first-order chi connectivity index (χ1) is 15.0. The molecular formula is C21H29Cl2NO6S2. The number of benzene rings is 1. The minimum atomic E-state index is -4.13. The van der Waals surface area contributed by atoms with Gasteiger partial charge < -0.3 is 14.2 Å². The van der Waals surface area contributed by atoms with Crippen molar-refractivity contribution in [2.24, 2.45) is 0 Å². The first-order valence-electron chi connectivity index (χ1n) is 10.2. The zero-order valence-corrected chi connectivity index (χ0v) is 21.8. The number of amides is 1. The number of carbonyl (C=O) groups is 1. The van der Waals surface area contributed by atoms with Crippen molar-refractivity contribution >= 4 is 60.7 Å². The van der Waals surface area contributed by atoms with Crippen molar-refractivity contribution in [3.8, 4) is 11.5 Å². The Morgan fingerprint density at radius 1 is 1.06 bits per heavy atom. The van der Waals surface area contributed by atoms with Crippen molar-refractivity contribution in [1.29, 1.82) is 0 Å². The third kappa shape index (κ3) is 7.30. The predicted molar refractivity (Wildman–Crippen MR) is 129 cm³/mol. The van der Waals surface area contributed by atoms with Crippen LogP contribution >= 0.6 is 34.5 Å². The van der Waals surface area contributed by atoms with E-state index in [1.165, 1.54) is 0 Å². The highest BCUT2D eigenvalue weighted by atomic mass is 35.5. The Balaban J connectivity index is 2.47. The van der Waals surface area contributed by atoms with Crippen LogP contribution in [0.15, 0.2) is 16.3 Å². The van der Waals surface area contributed by atoms with Crippen LogP contribution in [0.25, 0.3) is 10.1 Å². The van der Waals surface area contributed by atoms with Crippen molar-refractivity contribution in [3.63, 3.8) is 0 Å². The summed E-state index contributed by atoms with van der Waals surface area (Å²) in [6.45, 7) is 7.64. The fourth-order valence-electron chi connectivity index (χ4n) is 2.84. The minimum Gasteiger partial charge on any atom is -0.490 e. The van der Waals surface area contributed by atoms with Gasteiger partial charge in [0.2, 0.25) is 0 Å². The van der Waals surface area contributed by atoms with E-state index in [4.69, 9.17) is 37.4 Å². The molecule has 1 aromatic heterocycles. The summed E-state index contributed by atoms with van der Waals surface area (Å²) < 4.78 is 45.5. The Morgan fingerprint density at radius 2 is 1.62 bits per heavy atom. The summed E-state index contributed by atoms with van der Waals surface area (Å²) in [6, 6.07) is 3.54. The molecule has 1 heterocycles. The molecule has 0 radical (unpaired) electrons. The normalized spacial score (nSPS) is 12.1. The van der Waals surface area contributed by atoms with Crippen LogP contribution < -0.4 is 14.2 Å². The molecule has 1 amide bonds. The molecule has 180 valence electrons. The highest BCUT2D eigenvalue weighted by Crippen LogP contribution is 2.41. The lowest BCUT2D eigenvalue weighted by Gasteiger charge is -2.19. The number of ether oxygens (including phenoxy) is 3. The van der Waals surface area contributed by atoms with Gasteiger partial charge in [0.25, 0.3) is 10.0 Å². The van der Waals surface area contributed by atoms with Crippen molar-refractivity contribution in [2.45, 2.75) is 56.8 Å². The Bertz CT molecular complexity index is 1030. The smallest absolute Gasteiger partial charge is 0.421 e. The maximum atomic E-state index is 13.0. The second kappa shape index (κ2) is 11.6. The van der Waals surface area contributed by atoms with Crippen LogP contribution in [0.2, 0.25) is 0 Å². The molecule has 0 unspecified atom stereocenters. The second-order valence-corrected chi connectivity index (χ2v) is 11.6. The molecule has 2 rings (SSSR count). The molecule has 0 aliphatic heterocycles. The minimum absolute atomic E-state index is 0.0606. The molecule has 0 saturated heterocycles. The Labute approximate surface area is 203 Å². The average molecular weight is 527 g/mol. The van der Waals surface area contributed by atoms with E-state index in [9.17, 15) is 13.2 Å². The summed E-state index contributed by atoms with van der Waals surface area (Å²) in [6.07, 6.45) is 0.736. The molecule has 1 N–H and O–H groups in total. The monoisotopic (exact) mass is 525 g/mol. The number of alkyl halides is 2. The Kier molecular flexibility index (Phi) is 9.75. The molecule has 1 aromatic carbocycles. The Morgan fingerprint density at radius 3 is 2.12 bits per heavy atom. The zero-order chi connectivity index (χ0) is 23.9. The molecule has 0 saturated carbocycles. The predicted octanol–water partition coefficient (Wildman–Crippen LogP) is 5.69. The summed E-state index contributed by atoms with van der Waals surface area (Å²) in [5, 5.41) is 0.729. The van der Waals surface area contributed by atoms with Crippen LogP contribution in [0.1, 0.15) is 46.1 Å². The maximum Gasteiger partial charge on any atom is 0.421 e. The standard InChI is InChI=1S/C21H29Cl2NO6S2/c1-5-14-15-12-16(28-10-6-8-22)17(29-11-7-9-23)13-18(15)31-19(14)32(26,27)24-20(25)30-21(2,3)4/h12-13H,5-11H2,1-4H3,(H,24,25). The maximum absolute atomic E-state index is 13.0. The summed E-state index contributed by atoms with van der Waals surface area (Å²) in [7, 11) is -4.13. The van der Waals surface area contributed by atoms with E-state index in [0.717, 1.165) is 16.7 Å². The van der Waals surface area contributed by atoms with Gasteiger partial charge in [0, 0.05) is 27.9 Å². The molecule has 0 aliphatic rings. The van der Waals surface area contributed by atoms with E-state index in [1.807, 2.05) is 11.6 Å². The molecule has 0 atom stereocenters. The van der Waals surface area contributed by atoms with Crippen LogP contribution in [0.5, 0.6) is 11.5 Å². The van der Waals surface area contributed by atoms with Gasteiger partial charge in [-0.25, -0.2) is 17.9 Å². The molecule has 0 fully saturated rings. The number of halogens is 2. The third-order valence-corrected chi connectivity index (χ3v) is 7.71. The van der Waals surface area contributed by atoms with Crippen molar-refractivity contribution < 1.29 is 27.4 Å². The lowest BCUT2D eigenvalue weighted by molar-refractivity contribution is 0.0570. The lowest BCUT2D eigenvalue weighted by atomic mass is 10.1. The molecule has 32 heavy (non-hydrogen) atoms. The fraction of sp³-hybridized carbons (Fsp3) is 0.571. The highest BCUT2D eigenvalue weighted by Gasteiger charge is 2.28. The number of hydrogen-bond donors (Lipinski definition) is 1. The van der Waals surface area contributed by atoms with Gasteiger partial charge in [-0.15, -0.1) is 34.5 Å². The summed E-state index contributed by atoms with van der Waals surface area (Å²) in [5.74, 6) is 1.93. The van der Waals surface area contributed by atoms with Gasteiger partial charge in [0.1, 0.15) is 9.81 Å². The molecular weight excluding hydrogens is 497 g/mol. The average Bonchev–Trinajstić information content (AvgIpc) is 3.04. The number of nitrogens with one attached hydrogen (secondary N) is 1. The van der Waals surface area contributed by atoms with E-state index in [-0.39, 0.29) is 4.21 Å². The van der Waals surface area contributed by atoms with E-state index < -0.39 is 21.7 Å². The largest absolute Gasteiger partial charge is 0.490 e. The third-order valence-electron chi connectivity index (χ3n) is 4.11. The highest BCUT2D eigenvalue weighted by molar-refractivity contribution is 7.92. The van der Waals surface area contributed by atoms with Gasteiger partial charge in [0.15, 0.2) is 11.5 Å². The summed E-state index contributed by atoms with van der Waals surface area (Å²) in [4.78, 5) is 12.1. The Hall–Kier alpha value is -1.42. The van der Waals surface area contributed by atoms with Crippen molar-refractivity contribution in [2.75, 3.05) is 25.0 Å². The number of hydrogen-bond acceptors (Lipinski definition) is 7. The van der Waals surface area contributed by atoms with E-state index >= 15 is 0 Å². The van der Waals surface area contributed by atoms with Crippen LogP contribution in [0.3, 0.4) is 0 Å². The van der Waals surface area contributed by atoms with Gasteiger partial charge in [0.05, 0.1) is 13.2 Å². The van der Waals surface area contributed by atoms with E-state index in [1.54, 1.807) is 32.9 Å². The summed E-state index contributed by atoms with van der Waals surface area (Å²) >= 11 is 12.6. The summed E-state index contributed by atoms with van der Waals surface area (Å²) in [5.41, 5.74) is -0.228. The molecule has 2 aromatic rings. The number of fused-ring (bicyclic) bond motifs is 1. The zero-order valence-electron chi connectivity index (χ0n) is 18.6. The SMILES string of the molecule is CCc1c(S(=O)(=O)NC(=O)OC(C)(C)C)sc2cc(OCCCCl)c(OCCCCl)cc12. The fourth-order valence-corrected chi connectivity index (χ4v) is 5.86. The molecule has 0 aliphatic carbocycles. The molecule has 0 spiro atoms. The lowest BCUT2D eigenvalue weighted by Crippen LogP contribution is -2.36. The van der Waals surface area contributed by atoms with Crippen LogP contribution in [-0.4, -0.2) is 45.1 Å². The first-order valence-corrected chi connectivity index (χ1v) is 13.6. The number of rotatable bonds is 11. The molecule has 7 nitrogen and oxygen atoms in total. The first kappa shape index (κ1) is 26.8. The van der Waals surface area contributed by atoms with Gasteiger partial charge in [-0.3, -0.25) is 0 Å². The number of aryl methyl sites for hydroxylation is 1. The van der Waals surface area contributed by atoms with E-state index in [0.29, 0.717) is 66.0 Å². The van der Waals surface area contributed by atoms with Gasteiger partial charge in [-0.2, -0.15) is 0 Å². The van der Waals surface area contributed by atoms with Crippen molar-refractivity contribution in [3.05, 3.63) is 17.7 Å². The van der Waals surface area contributed by atoms with E-state index in [2.05, 4.69) is 0 Å². The molecule has 11 heteroatoms. The second-order valence-electron chi connectivity index (χ2n) is 7.91. The molecule has 0 bridgehead atoms. The van der Waals surface area contributed by atoms with Crippen LogP contribution in [0, 0.1) is 0 Å². The van der Waals surface area contributed by atoms with Gasteiger partial charge in [-0.1, -0.05) is 6.92 Å². The topological polar surface area (TPSA) is 90.9 Å². The van der Waals surface area contributed by atoms with Crippen LogP contribution in [0.4, 0.5) is 4.79 Å². The van der Waals surface area contributed by atoms with Gasteiger partial charge in [-0.05, 0) is 51.7 Å². The number of carbonyl (C=O) groups excluding carboxylic acids is 1. The van der Waals surface area contributed by atoms with Crippen molar-refractivity contribution in [1.82, 2.24) is 4.72 Å². The van der Waals surface area contributed by atoms with Crippen LogP contribution in [-0.2, 0) is 21.2 Å². The number of sulfonamides is 1. The quantitative estimate of drug-likeness (QED) is 0.299.